The van der Waals surface area contributed by atoms with E-state index in [1.165, 1.54) is 0 Å². The average Bonchev–Trinajstić information content (AvgIpc) is 2.72. The topological polar surface area (TPSA) is 64.3 Å². The van der Waals surface area contributed by atoms with Crippen LogP contribution in [0.3, 0.4) is 0 Å². The summed E-state index contributed by atoms with van der Waals surface area (Å²) in [7, 11) is 0. The first-order valence-corrected chi connectivity index (χ1v) is 7.68. The van der Waals surface area contributed by atoms with Crippen LogP contribution in [0.15, 0.2) is 0 Å². The van der Waals surface area contributed by atoms with Gasteiger partial charge in [-0.05, 0) is 45.4 Å². The molecule has 4 nitrogen and oxygen atoms in total. The highest BCUT2D eigenvalue weighted by Crippen LogP contribution is 2.38. The lowest BCUT2D eigenvalue weighted by atomic mass is 9.83. The maximum atomic E-state index is 11.9. The van der Waals surface area contributed by atoms with Gasteiger partial charge in [0.2, 0.25) is 5.91 Å². The van der Waals surface area contributed by atoms with Crippen LogP contribution >= 0.6 is 0 Å². The van der Waals surface area contributed by atoms with Gasteiger partial charge in [-0.1, -0.05) is 19.8 Å². The van der Waals surface area contributed by atoms with E-state index in [4.69, 9.17) is 10.5 Å². The molecule has 2 unspecified atom stereocenters. The first kappa shape index (κ1) is 16.4. The van der Waals surface area contributed by atoms with E-state index in [0.29, 0.717) is 5.92 Å². The molecule has 2 atom stereocenters. The number of nitrogens with two attached hydrogens (primary N) is 1. The molecule has 0 aromatic heterocycles. The summed E-state index contributed by atoms with van der Waals surface area (Å²) in [6, 6.07) is 0.272. The molecule has 4 heteroatoms. The van der Waals surface area contributed by atoms with Gasteiger partial charge in [-0.25, -0.2) is 0 Å². The molecular formula is C15H30N2O2. The van der Waals surface area contributed by atoms with Crippen LogP contribution in [0.25, 0.3) is 0 Å². The van der Waals surface area contributed by atoms with Crippen LogP contribution in [0.4, 0.5) is 0 Å². The lowest BCUT2D eigenvalue weighted by molar-refractivity contribution is -0.126. The van der Waals surface area contributed by atoms with Crippen molar-refractivity contribution < 1.29 is 9.53 Å². The highest BCUT2D eigenvalue weighted by Gasteiger charge is 2.47. The number of unbranched alkanes of at least 4 members (excludes halogenated alkanes) is 1. The summed E-state index contributed by atoms with van der Waals surface area (Å²) in [6.45, 7) is 7.85. The molecule has 1 amide bonds. The van der Waals surface area contributed by atoms with Crippen molar-refractivity contribution in [3.63, 3.8) is 0 Å². The Kier molecular flexibility index (Phi) is 6.80. The zero-order valence-electron chi connectivity index (χ0n) is 12.7. The summed E-state index contributed by atoms with van der Waals surface area (Å²) in [5.74, 6) is 0.117. The van der Waals surface area contributed by atoms with Gasteiger partial charge in [0, 0.05) is 19.3 Å². The molecular weight excluding hydrogens is 240 g/mol. The van der Waals surface area contributed by atoms with E-state index >= 15 is 0 Å². The number of ether oxygens (including phenoxy) is 1. The van der Waals surface area contributed by atoms with Gasteiger partial charge in [0.1, 0.15) is 5.54 Å². The van der Waals surface area contributed by atoms with Crippen molar-refractivity contribution in [2.24, 2.45) is 11.7 Å². The molecule has 0 bridgehead atoms. The predicted octanol–water partition coefficient (Wildman–Crippen LogP) is 2.22. The molecule has 0 radical (unpaired) electrons. The first-order valence-electron chi connectivity index (χ1n) is 7.68. The lowest BCUT2D eigenvalue weighted by Crippen LogP contribution is -2.60. The van der Waals surface area contributed by atoms with E-state index in [1.54, 1.807) is 0 Å². The monoisotopic (exact) mass is 270 g/mol. The lowest BCUT2D eigenvalue weighted by Gasteiger charge is -2.35. The second-order valence-electron chi connectivity index (χ2n) is 5.98. The maximum Gasteiger partial charge on any atom is 0.238 e. The minimum Gasteiger partial charge on any atom is -0.381 e. The Labute approximate surface area is 117 Å². The van der Waals surface area contributed by atoms with Crippen molar-refractivity contribution in [1.82, 2.24) is 5.32 Å². The van der Waals surface area contributed by atoms with Gasteiger partial charge in [0.25, 0.3) is 0 Å². The summed E-state index contributed by atoms with van der Waals surface area (Å²) in [4.78, 5) is 11.9. The zero-order valence-corrected chi connectivity index (χ0v) is 12.7. The van der Waals surface area contributed by atoms with Crippen LogP contribution in [-0.2, 0) is 9.53 Å². The molecule has 19 heavy (non-hydrogen) atoms. The van der Waals surface area contributed by atoms with Gasteiger partial charge in [-0.3, -0.25) is 4.79 Å². The molecule has 3 N–H and O–H groups in total. The summed E-state index contributed by atoms with van der Waals surface area (Å²) in [6.07, 6.45) is 6.19. The van der Waals surface area contributed by atoms with Crippen molar-refractivity contribution in [2.45, 2.75) is 70.9 Å². The summed E-state index contributed by atoms with van der Waals surface area (Å²) in [5.41, 5.74) is 5.17. The maximum absolute atomic E-state index is 11.9. The number of hydrogen-bond acceptors (Lipinski definition) is 3. The molecule has 0 heterocycles. The second kappa shape index (κ2) is 7.85. The largest absolute Gasteiger partial charge is 0.381 e. The molecule has 1 saturated carbocycles. The fourth-order valence-corrected chi connectivity index (χ4v) is 3.14. The Morgan fingerprint density at radius 1 is 1.47 bits per heavy atom. The van der Waals surface area contributed by atoms with Crippen molar-refractivity contribution in [2.75, 3.05) is 13.2 Å². The van der Waals surface area contributed by atoms with Gasteiger partial charge in [-0.15, -0.1) is 0 Å². The Balaban J connectivity index is 2.51. The van der Waals surface area contributed by atoms with Gasteiger partial charge in [0.05, 0.1) is 0 Å². The third kappa shape index (κ3) is 4.46. The average molecular weight is 270 g/mol. The standard InChI is InChI=1S/C15H30N2O2/c1-4-5-10-19-11-8-13-7-6-9-15(13,14(16)18)17-12(2)3/h12-13,17H,4-11H2,1-3H3,(H2,16,18). The number of hydrogen-bond donors (Lipinski definition) is 2. The van der Waals surface area contributed by atoms with Gasteiger partial charge in [0.15, 0.2) is 0 Å². The smallest absolute Gasteiger partial charge is 0.238 e. The highest BCUT2D eigenvalue weighted by atomic mass is 16.5. The van der Waals surface area contributed by atoms with Crippen LogP contribution < -0.4 is 11.1 Å². The van der Waals surface area contributed by atoms with E-state index in [0.717, 1.165) is 51.7 Å². The second-order valence-corrected chi connectivity index (χ2v) is 5.98. The van der Waals surface area contributed by atoms with Crippen molar-refractivity contribution in [3.05, 3.63) is 0 Å². The number of carbonyl (C=O) groups excluding carboxylic acids is 1. The van der Waals surface area contributed by atoms with Crippen molar-refractivity contribution in [3.8, 4) is 0 Å². The molecule has 1 aliphatic rings. The van der Waals surface area contributed by atoms with Gasteiger partial charge in [-0.2, -0.15) is 0 Å². The van der Waals surface area contributed by atoms with E-state index in [2.05, 4.69) is 26.1 Å². The van der Waals surface area contributed by atoms with Crippen LogP contribution in [-0.4, -0.2) is 30.7 Å². The van der Waals surface area contributed by atoms with Crippen LogP contribution in [0, 0.1) is 5.92 Å². The van der Waals surface area contributed by atoms with Gasteiger partial charge >= 0.3 is 0 Å². The molecule has 1 aliphatic carbocycles. The molecule has 0 spiro atoms. The number of primary amides is 1. The third-order valence-electron chi connectivity index (χ3n) is 4.06. The first-order chi connectivity index (χ1) is 9.03. The zero-order chi connectivity index (χ0) is 14.3. The number of carbonyl (C=O) groups is 1. The number of amides is 1. The van der Waals surface area contributed by atoms with Crippen LogP contribution in [0.2, 0.25) is 0 Å². The summed E-state index contributed by atoms with van der Waals surface area (Å²) >= 11 is 0. The Hall–Kier alpha value is -0.610. The van der Waals surface area contributed by atoms with Gasteiger partial charge < -0.3 is 15.8 Å². The summed E-state index contributed by atoms with van der Waals surface area (Å²) < 4.78 is 5.63. The van der Waals surface area contributed by atoms with E-state index < -0.39 is 5.54 Å². The van der Waals surface area contributed by atoms with E-state index in [-0.39, 0.29) is 11.9 Å². The quantitative estimate of drug-likeness (QED) is 0.631. The number of nitrogens with one attached hydrogen (secondary N) is 1. The fraction of sp³-hybridized carbons (Fsp3) is 0.933. The predicted molar refractivity (Wildman–Crippen MR) is 77.9 cm³/mol. The van der Waals surface area contributed by atoms with Crippen LogP contribution in [0.1, 0.15) is 59.3 Å². The Bertz CT molecular complexity index is 281. The van der Waals surface area contributed by atoms with Crippen LogP contribution in [0.5, 0.6) is 0 Å². The minimum absolute atomic E-state index is 0.197. The van der Waals surface area contributed by atoms with Crippen molar-refractivity contribution >= 4 is 5.91 Å². The highest BCUT2D eigenvalue weighted by molar-refractivity contribution is 5.85. The van der Waals surface area contributed by atoms with Crippen molar-refractivity contribution in [1.29, 1.82) is 0 Å². The molecule has 112 valence electrons. The van der Waals surface area contributed by atoms with E-state index in [9.17, 15) is 4.79 Å². The molecule has 0 aromatic carbocycles. The normalized spacial score (nSPS) is 27.1. The molecule has 0 aliphatic heterocycles. The Morgan fingerprint density at radius 2 is 2.21 bits per heavy atom. The minimum atomic E-state index is -0.512. The molecule has 1 fully saturated rings. The molecule has 0 saturated heterocycles. The fourth-order valence-electron chi connectivity index (χ4n) is 3.14. The molecule has 0 aromatic rings. The third-order valence-corrected chi connectivity index (χ3v) is 4.06. The summed E-state index contributed by atoms with van der Waals surface area (Å²) in [5, 5.41) is 3.43. The Morgan fingerprint density at radius 3 is 2.79 bits per heavy atom. The van der Waals surface area contributed by atoms with E-state index in [1.807, 2.05) is 0 Å². The molecule has 1 rings (SSSR count). The number of rotatable bonds is 9. The SMILES string of the molecule is CCCCOCCC1CCCC1(NC(C)C)C(N)=O.